The third-order valence-electron chi connectivity index (χ3n) is 3.15. The van der Waals surface area contributed by atoms with Gasteiger partial charge in [-0.25, -0.2) is 9.37 Å². The smallest absolute Gasteiger partial charge is 0.132 e. The highest BCUT2D eigenvalue weighted by Crippen LogP contribution is 2.32. The fourth-order valence-corrected chi connectivity index (χ4v) is 2.99. The number of fused-ring (bicyclic) bond motifs is 1. The van der Waals surface area contributed by atoms with Gasteiger partial charge in [0, 0.05) is 9.50 Å². The van der Waals surface area contributed by atoms with Gasteiger partial charge in [-0.1, -0.05) is 11.6 Å². The summed E-state index contributed by atoms with van der Waals surface area (Å²) in [6, 6.07) is 9.90. The summed E-state index contributed by atoms with van der Waals surface area (Å²) >= 11 is 15.7. The van der Waals surface area contributed by atoms with E-state index in [-0.39, 0.29) is 11.2 Å². The van der Waals surface area contributed by atoms with Crippen LogP contribution in [0.5, 0.6) is 0 Å². The highest BCUT2D eigenvalue weighted by atomic mass is 79.9. The van der Waals surface area contributed by atoms with Crippen molar-refractivity contribution in [1.29, 1.82) is 0 Å². The molecule has 0 aliphatic rings. The van der Waals surface area contributed by atoms with Crippen molar-refractivity contribution in [2.24, 2.45) is 0 Å². The van der Waals surface area contributed by atoms with Gasteiger partial charge in [-0.05, 0) is 59.3 Å². The quantitative estimate of drug-likeness (QED) is 0.502. The molecule has 2 aromatic carbocycles. The molecule has 108 valence electrons. The van der Waals surface area contributed by atoms with Crippen LogP contribution in [0.3, 0.4) is 0 Å². The lowest BCUT2D eigenvalue weighted by Gasteiger charge is -2.12. The fourth-order valence-electron chi connectivity index (χ4n) is 2.25. The Kier molecular flexibility index (Phi) is 3.95. The second-order valence-electron chi connectivity index (χ2n) is 4.65. The Morgan fingerprint density at radius 3 is 2.71 bits per heavy atom. The van der Waals surface area contributed by atoms with Crippen LogP contribution < -0.4 is 0 Å². The van der Waals surface area contributed by atoms with Crippen LogP contribution in [0.15, 0.2) is 40.9 Å². The molecule has 6 heteroatoms. The fraction of sp³-hybridized carbons (Fsp3) is 0.133. The van der Waals surface area contributed by atoms with E-state index in [0.717, 1.165) is 15.5 Å². The lowest BCUT2D eigenvalue weighted by Crippen LogP contribution is -2.03. The highest BCUT2D eigenvalue weighted by molar-refractivity contribution is 9.10. The van der Waals surface area contributed by atoms with E-state index in [1.807, 2.05) is 17.6 Å². The molecule has 0 radical (unpaired) electrons. The average Bonchev–Trinajstić information content (AvgIpc) is 2.80. The number of rotatable bonds is 2. The number of hydrogen-bond acceptors (Lipinski definition) is 1. The first kappa shape index (κ1) is 14.8. The molecule has 0 N–H and O–H groups in total. The van der Waals surface area contributed by atoms with E-state index in [2.05, 4.69) is 20.9 Å². The van der Waals surface area contributed by atoms with E-state index in [9.17, 15) is 4.39 Å². The van der Waals surface area contributed by atoms with Crippen molar-refractivity contribution in [1.82, 2.24) is 9.55 Å². The number of aromatic nitrogens is 2. The van der Waals surface area contributed by atoms with Gasteiger partial charge in [-0.3, -0.25) is 4.57 Å². The summed E-state index contributed by atoms with van der Waals surface area (Å²) in [6.07, 6.45) is 0. The molecule has 0 spiro atoms. The zero-order chi connectivity index (χ0) is 15.1. The molecule has 0 saturated heterocycles. The molecule has 0 saturated carbocycles. The number of benzene rings is 2. The van der Waals surface area contributed by atoms with E-state index in [0.29, 0.717) is 16.5 Å². The van der Waals surface area contributed by atoms with Gasteiger partial charge in [-0.15, -0.1) is 11.6 Å². The van der Waals surface area contributed by atoms with Gasteiger partial charge >= 0.3 is 0 Å². The number of hydrogen-bond donors (Lipinski definition) is 0. The molecule has 0 bridgehead atoms. The first-order valence-electron chi connectivity index (χ1n) is 6.25. The maximum atomic E-state index is 13.6. The summed E-state index contributed by atoms with van der Waals surface area (Å²) in [5, 5.41) is 0.269. The van der Waals surface area contributed by atoms with Crippen molar-refractivity contribution >= 4 is 50.2 Å². The summed E-state index contributed by atoms with van der Waals surface area (Å²) in [4.78, 5) is 4.52. The van der Waals surface area contributed by atoms with Gasteiger partial charge in [0.25, 0.3) is 0 Å². The minimum atomic E-state index is -0.327. The number of nitrogens with zero attached hydrogens (tertiary/aromatic N) is 2. The van der Waals surface area contributed by atoms with Crippen LogP contribution in [-0.2, 0) is 0 Å². The second-order valence-corrected chi connectivity index (χ2v) is 6.60. The molecule has 0 fully saturated rings. The van der Waals surface area contributed by atoms with Crippen LogP contribution in [0.25, 0.3) is 16.7 Å². The van der Waals surface area contributed by atoms with E-state index in [4.69, 9.17) is 23.2 Å². The topological polar surface area (TPSA) is 17.8 Å². The molecule has 1 heterocycles. The molecule has 3 aromatic rings. The molecule has 0 aliphatic carbocycles. The number of halogens is 4. The molecule has 1 unspecified atom stereocenters. The van der Waals surface area contributed by atoms with Crippen molar-refractivity contribution in [3.05, 3.63) is 57.5 Å². The van der Waals surface area contributed by atoms with Crippen molar-refractivity contribution in [3.63, 3.8) is 0 Å². The van der Waals surface area contributed by atoms with Gasteiger partial charge in [-0.2, -0.15) is 0 Å². The minimum absolute atomic E-state index is 0.322. The first-order chi connectivity index (χ1) is 9.97. The zero-order valence-electron chi connectivity index (χ0n) is 10.9. The second kappa shape index (κ2) is 5.59. The highest BCUT2D eigenvalue weighted by Gasteiger charge is 2.18. The van der Waals surface area contributed by atoms with Crippen LogP contribution in [0.2, 0.25) is 5.02 Å². The van der Waals surface area contributed by atoms with Crippen LogP contribution in [0.4, 0.5) is 4.39 Å². The predicted molar refractivity (Wildman–Crippen MR) is 88.0 cm³/mol. The monoisotopic (exact) mass is 386 g/mol. The lowest BCUT2D eigenvalue weighted by atomic mass is 10.2. The maximum Gasteiger partial charge on any atom is 0.132 e. The Morgan fingerprint density at radius 2 is 2.00 bits per heavy atom. The molecule has 0 aliphatic heterocycles. The van der Waals surface area contributed by atoms with E-state index in [1.54, 1.807) is 18.2 Å². The normalized spacial score (nSPS) is 12.8. The predicted octanol–water partition coefficient (Wildman–Crippen LogP) is 5.88. The largest absolute Gasteiger partial charge is 0.294 e. The molecule has 2 nitrogen and oxygen atoms in total. The van der Waals surface area contributed by atoms with Crippen molar-refractivity contribution < 1.29 is 4.39 Å². The molecule has 1 aromatic heterocycles. The van der Waals surface area contributed by atoms with Crippen LogP contribution in [0.1, 0.15) is 18.1 Å². The maximum absolute atomic E-state index is 13.6. The Bertz CT molecular complexity index is 830. The Morgan fingerprint density at radius 1 is 1.24 bits per heavy atom. The molecule has 3 rings (SSSR count). The Labute approximate surface area is 139 Å². The summed E-state index contributed by atoms with van der Waals surface area (Å²) in [5.74, 6) is 0.317. The van der Waals surface area contributed by atoms with Gasteiger partial charge in [0.1, 0.15) is 11.6 Å². The standard InChI is InChI=1S/C15H10BrCl2FN2/c1-8(17)15-20-12-6-9(18)2-5-13(12)21(15)14-7-10(19)3-4-11(14)16/h2-8H,1H3. The average molecular weight is 388 g/mol. The molecule has 0 amide bonds. The SMILES string of the molecule is CC(Cl)c1nc2cc(Cl)ccc2n1-c1cc(F)ccc1Br. The van der Waals surface area contributed by atoms with Gasteiger partial charge < -0.3 is 0 Å². The van der Waals surface area contributed by atoms with Crippen LogP contribution in [-0.4, -0.2) is 9.55 Å². The third-order valence-corrected chi connectivity index (χ3v) is 4.25. The van der Waals surface area contributed by atoms with Crippen molar-refractivity contribution in [3.8, 4) is 5.69 Å². The summed E-state index contributed by atoms with van der Waals surface area (Å²) in [7, 11) is 0. The number of imidazole rings is 1. The van der Waals surface area contributed by atoms with Crippen LogP contribution >= 0.6 is 39.1 Å². The van der Waals surface area contributed by atoms with Gasteiger partial charge in [0.05, 0.1) is 22.1 Å². The van der Waals surface area contributed by atoms with Gasteiger partial charge in [0.2, 0.25) is 0 Å². The lowest BCUT2D eigenvalue weighted by molar-refractivity contribution is 0.626. The molecule has 21 heavy (non-hydrogen) atoms. The van der Waals surface area contributed by atoms with Crippen LogP contribution in [0, 0.1) is 5.82 Å². The van der Waals surface area contributed by atoms with E-state index >= 15 is 0 Å². The first-order valence-corrected chi connectivity index (χ1v) is 7.85. The summed E-state index contributed by atoms with van der Waals surface area (Å²) in [5.41, 5.74) is 2.21. The van der Waals surface area contributed by atoms with Crippen molar-refractivity contribution in [2.45, 2.75) is 12.3 Å². The number of alkyl halides is 1. The Hall–Kier alpha value is -1.10. The summed E-state index contributed by atoms with van der Waals surface area (Å²) < 4.78 is 16.2. The molecular formula is C15H10BrCl2FN2. The third kappa shape index (κ3) is 2.68. The minimum Gasteiger partial charge on any atom is -0.294 e. The molecule has 1 atom stereocenters. The Balaban J connectivity index is 2.39. The summed E-state index contributed by atoms with van der Waals surface area (Å²) in [6.45, 7) is 1.83. The van der Waals surface area contributed by atoms with E-state index in [1.165, 1.54) is 12.1 Å². The molecular weight excluding hydrogens is 378 g/mol. The van der Waals surface area contributed by atoms with Crippen molar-refractivity contribution in [2.75, 3.05) is 0 Å². The van der Waals surface area contributed by atoms with E-state index < -0.39 is 0 Å². The zero-order valence-corrected chi connectivity index (χ0v) is 14.0. The van der Waals surface area contributed by atoms with Gasteiger partial charge in [0.15, 0.2) is 0 Å².